The van der Waals surface area contributed by atoms with Gasteiger partial charge in [0.05, 0.1) is 18.3 Å². The first-order chi connectivity index (χ1) is 13.1. The van der Waals surface area contributed by atoms with E-state index in [2.05, 4.69) is 10.5 Å². The van der Waals surface area contributed by atoms with Crippen molar-refractivity contribution in [2.24, 2.45) is 5.10 Å². The molecule has 3 aromatic rings. The van der Waals surface area contributed by atoms with Gasteiger partial charge in [0.15, 0.2) is 6.61 Å². The number of hydrogen-bond acceptors (Lipinski definition) is 4. The molecule has 0 radical (unpaired) electrons. The third kappa shape index (κ3) is 4.70. The van der Waals surface area contributed by atoms with E-state index in [0.29, 0.717) is 21.5 Å². The van der Waals surface area contributed by atoms with Gasteiger partial charge >= 0.3 is 0 Å². The van der Waals surface area contributed by atoms with Gasteiger partial charge in [0.1, 0.15) is 11.5 Å². The van der Waals surface area contributed by atoms with Gasteiger partial charge in [-0.3, -0.25) is 4.79 Å². The minimum absolute atomic E-state index is 0.231. The first kappa shape index (κ1) is 19.0. The lowest BCUT2D eigenvalue weighted by Gasteiger charge is -2.09. The average molecular weight is 403 g/mol. The Hall–Kier alpha value is -2.76. The maximum Gasteiger partial charge on any atom is 0.277 e. The zero-order valence-corrected chi connectivity index (χ0v) is 15.9. The highest BCUT2D eigenvalue weighted by molar-refractivity contribution is 6.35. The number of halogens is 2. The Morgan fingerprint density at radius 3 is 2.67 bits per heavy atom. The van der Waals surface area contributed by atoms with Gasteiger partial charge in [-0.2, -0.15) is 5.10 Å². The summed E-state index contributed by atoms with van der Waals surface area (Å²) in [4.78, 5) is 12.0. The molecule has 0 fully saturated rings. The molecule has 0 heterocycles. The number of benzene rings is 3. The lowest BCUT2D eigenvalue weighted by Crippen LogP contribution is -2.24. The number of methoxy groups -OCH3 is 1. The Balaban J connectivity index is 1.66. The maximum absolute atomic E-state index is 12.0. The molecular formula is C20H16Cl2N2O3. The lowest BCUT2D eigenvalue weighted by molar-refractivity contribution is -0.123. The molecule has 0 aromatic heterocycles. The Morgan fingerprint density at radius 1 is 1.11 bits per heavy atom. The van der Waals surface area contributed by atoms with Crippen molar-refractivity contribution in [3.8, 4) is 11.5 Å². The fourth-order valence-electron chi connectivity index (χ4n) is 2.52. The van der Waals surface area contributed by atoms with Crippen LogP contribution < -0.4 is 14.9 Å². The molecule has 0 aliphatic carbocycles. The SMILES string of the molecule is COc1ccc2ccccc2c1C=NNC(=O)COc1ccc(Cl)cc1Cl. The summed E-state index contributed by atoms with van der Waals surface area (Å²) in [5, 5.41) is 6.85. The van der Waals surface area contributed by atoms with E-state index in [0.717, 1.165) is 16.3 Å². The largest absolute Gasteiger partial charge is 0.496 e. The van der Waals surface area contributed by atoms with Gasteiger partial charge in [0, 0.05) is 10.6 Å². The van der Waals surface area contributed by atoms with Crippen LogP contribution in [0.15, 0.2) is 59.7 Å². The summed E-state index contributed by atoms with van der Waals surface area (Å²) in [6.45, 7) is -0.231. The van der Waals surface area contributed by atoms with Gasteiger partial charge < -0.3 is 9.47 Å². The van der Waals surface area contributed by atoms with Crippen molar-refractivity contribution in [1.82, 2.24) is 5.43 Å². The van der Waals surface area contributed by atoms with Crippen molar-refractivity contribution in [3.05, 3.63) is 70.2 Å². The molecule has 27 heavy (non-hydrogen) atoms. The van der Waals surface area contributed by atoms with Crippen molar-refractivity contribution in [2.75, 3.05) is 13.7 Å². The Labute approximate surface area is 166 Å². The van der Waals surface area contributed by atoms with Gasteiger partial charge in [-0.05, 0) is 35.0 Å². The number of hydrazone groups is 1. The molecule has 0 aliphatic rings. The molecule has 0 bridgehead atoms. The molecule has 138 valence electrons. The number of rotatable bonds is 6. The Morgan fingerprint density at radius 2 is 1.89 bits per heavy atom. The van der Waals surface area contributed by atoms with Crippen molar-refractivity contribution >= 4 is 46.1 Å². The summed E-state index contributed by atoms with van der Waals surface area (Å²) < 4.78 is 10.8. The third-order valence-corrected chi connectivity index (χ3v) is 4.32. The lowest BCUT2D eigenvalue weighted by atomic mass is 10.0. The smallest absolute Gasteiger partial charge is 0.277 e. The molecule has 7 heteroatoms. The van der Waals surface area contributed by atoms with Crippen LogP contribution in [-0.2, 0) is 4.79 Å². The fourth-order valence-corrected chi connectivity index (χ4v) is 2.99. The summed E-state index contributed by atoms with van der Waals surface area (Å²) in [7, 11) is 1.59. The molecule has 0 unspecified atom stereocenters. The minimum atomic E-state index is -0.420. The molecule has 1 amide bonds. The van der Waals surface area contributed by atoms with Crippen LogP contribution in [0.25, 0.3) is 10.8 Å². The normalized spacial score (nSPS) is 10.9. The Bertz CT molecular complexity index is 1010. The van der Waals surface area contributed by atoms with Crippen molar-refractivity contribution in [2.45, 2.75) is 0 Å². The van der Waals surface area contributed by atoms with Crippen LogP contribution in [0.2, 0.25) is 10.0 Å². The van der Waals surface area contributed by atoms with E-state index in [1.807, 2.05) is 36.4 Å². The monoisotopic (exact) mass is 402 g/mol. The molecule has 0 atom stereocenters. The molecular weight excluding hydrogens is 387 g/mol. The maximum atomic E-state index is 12.0. The predicted molar refractivity (Wildman–Crippen MR) is 108 cm³/mol. The predicted octanol–water partition coefficient (Wildman–Crippen LogP) is 4.68. The van der Waals surface area contributed by atoms with E-state index in [1.54, 1.807) is 31.5 Å². The van der Waals surface area contributed by atoms with E-state index >= 15 is 0 Å². The molecule has 0 saturated heterocycles. The summed E-state index contributed by atoms with van der Waals surface area (Å²) in [6.07, 6.45) is 1.55. The number of carbonyl (C=O) groups excluding carboxylic acids is 1. The molecule has 0 saturated carbocycles. The second-order valence-corrected chi connectivity index (χ2v) is 6.40. The second-order valence-electron chi connectivity index (χ2n) is 5.56. The van der Waals surface area contributed by atoms with Crippen LogP contribution in [0.5, 0.6) is 11.5 Å². The molecule has 1 N–H and O–H groups in total. The zero-order valence-electron chi connectivity index (χ0n) is 14.4. The van der Waals surface area contributed by atoms with E-state index in [-0.39, 0.29) is 6.61 Å². The van der Waals surface area contributed by atoms with Crippen LogP contribution in [0.4, 0.5) is 0 Å². The van der Waals surface area contributed by atoms with Crippen LogP contribution in [-0.4, -0.2) is 25.8 Å². The van der Waals surface area contributed by atoms with E-state index < -0.39 is 5.91 Å². The number of hydrogen-bond donors (Lipinski definition) is 1. The summed E-state index contributed by atoms with van der Waals surface area (Å²) in [5.41, 5.74) is 3.20. The molecule has 3 rings (SSSR count). The standard InChI is InChI=1S/C20H16Cl2N2O3/c1-26-18-8-6-13-4-2-3-5-15(13)16(18)11-23-24-20(25)12-27-19-9-7-14(21)10-17(19)22/h2-11H,12H2,1H3,(H,24,25). The summed E-state index contributed by atoms with van der Waals surface area (Å²) in [5.74, 6) is 0.614. The molecule has 3 aromatic carbocycles. The van der Waals surface area contributed by atoms with Gasteiger partial charge in [-0.25, -0.2) is 5.43 Å². The van der Waals surface area contributed by atoms with Gasteiger partial charge in [0.25, 0.3) is 5.91 Å². The molecule has 5 nitrogen and oxygen atoms in total. The minimum Gasteiger partial charge on any atom is -0.496 e. The van der Waals surface area contributed by atoms with E-state index in [4.69, 9.17) is 32.7 Å². The van der Waals surface area contributed by atoms with Crippen LogP contribution in [0.1, 0.15) is 5.56 Å². The van der Waals surface area contributed by atoms with Crippen LogP contribution in [0.3, 0.4) is 0 Å². The highest BCUT2D eigenvalue weighted by atomic mass is 35.5. The van der Waals surface area contributed by atoms with E-state index in [1.165, 1.54) is 0 Å². The number of nitrogens with one attached hydrogen (secondary N) is 1. The molecule has 0 spiro atoms. The number of nitrogens with zero attached hydrogens (tertiary/aromatic N) is 1. The topological polar surface area (TPSA) is 59.9 Å². The van der Waals surface area contributed by atoms with Crippen molar-refractivity contribution < 1.29 is 14.3 Å². The first-order valence-electron chi connectivity index (χ1n) is 8.04. The number of ether oxygens (including phenoxy) is 2. The quantitative estimate of drug-likeness (QED) is 0.480. The number of fused-ring (bicyclic) bond motifs is 1. The first-order valence-corrected chi connectivity index (χ1v) is 8.79. The second kappa shape index (κ2) is 8.75. The van der Waals surface area contributed by atoms with Gasteiger partial charge in [-0.15, -0.1) is 0 Å². The van der Waals surface area contributed by atoms with Crippen molar-refractivity contribution in [3.63, 3.8) is 0 Å². The average Bonchev–Trinajstić information content (AvgIpc) is 2.67. The van der Waals surface area contributed by atoms with Crippen LogP contribution in [0, 0.1) is 0 Å². The fraction of sp³-hybridized carbons (Fsp3) is 0.100. The highest BCUT2D eigenvalue weighted by Gasteiger charge is 2.08. The Kier molecular flexibility index (Phi) is 6.16. The highest BCUT2D eigenvalue weighted by Crippen LogP contribution is 2.27. The number of amides is 1. The zero-order chi connectivity index (χ0) is 19.2. The summed E-state index contributed by atoms with van der Waals surface area (Å²) in [6, 6.07) is 16.4. The molecule has 0 aliphatic heterocycles. The van der Waals surface area contributed by atoms with Crippen LogP contribution >= 0.6 is 23.2 Å². The van der Waals surface area contributed by atoms with Gasteiger partial charge in [-0.1, -0.05) is 53.5 Å². The van der Waals surface area contributed by atoms with Crippen molar-refractivity contribution in [1.29, 1.82) is 0 Å². The third-order valence-electron chi connectivity index (χ3n) is 3.79. The van der Waals surface area contributed by atoms with Gasteiger partial charge in [0.2, 0.25) is 0 Å². The summed E-state index contributed by atoms with van der Waals surface area (Å²) >= 11 is 11.8. The van der Waals surface area contributed by atoms with E-state index in [9.17, 15) is 4.79 Å². The number of carbonyl (C=O) groups is 1.